The van der Waals surface area contributed by atoms with Gasteiger partial charge in [-0.05, 0) is 50.0 Å². The third-order valence-electron chi connectivity index (χ3n) is 2.83. The molecule has 0 spiro atoms. The number of hydrogen-bond donors (Lipinski definition) is 0. The topological polar surface area (TPSA) is 12.4 Å². The Morgan fingerprint density at radius 1 is 1.19 bits per heavy atom. The first kappa shape index (κ1) is 17.3. The van der Waals surface area contributed by atoms with Crippen molar-refractivity contribution < 1.29 is 0 Å². The van der Waals surface area contributed by atoms with E-state index in [2.05, 4.69) is 63.2 Å². The Morgan fingerprint density at radius 2 is 1.86 bits per heavy atom. The largest absolute Gasteiger partial charge is 0.262 e. The van der Waals surface area contributed by atoms with Crippen LogP contribution in [0.25, 0.3) is 5.57 Å². The minimum Gasteiger partial charge on any atom is -0.262 e. The van der Waals surface area contributed by atoms with Crippen LogP contribution >= 0.6 is 8.07 Å². The Labute approximate surface area is 130 Å². The molecular formula is C19H24NP. The maximum absolute atomic E-state index is 4.82. The first-order valence-corrected chi connectivity index (χ1v) is 9.22. The van der Waals surface area contributed by atoms with Crippen LogP contribution in [0.5, 0.6) is 0 Å². The lowest BCUT2D eigenvalue weighted by Crippen LogP contribution is -1.98. The Hall–Kier alpha value is -1.72. The van der Waals surface area contributed by atoms with Gasteiger partial charge >= 0.3 is 0 Å². The van der Waals surface area contributed by atoms with Crippen molar-refractivity contribution in [2.24, 2.45) is 4.76 Å². The van der Waals surface area contributed by atoms with Gasteiger partial charge in [0, 0.05) is 8.07 Å². The molecule has 1 aromatic carbocycles. The molecular weight excluding hydrogens is 273 g/mol. The van der Waals surface area contributed by atoms with Gasteiger partial charge in [-0.15, -0.1) is 0 Å². The lowest BCUT2D eigenvalue weighted by Gasteiger charge is -2.08. The zero-order valence-electron chi connectivity index (χ0n) is 13.4. The van der Waals surface area contributed by atoms with Crippen molar-refractivity contribution in [1.29, 1.82) is 0 Å². The molecule has 0 saturated carbocycles. The highest BCUT2D eigenvalue weighted by Gasteiger charge is 2.04. The molecule has 0 unspecified atom stereocenters. The summed E-state index contributed by atoms with van der Waals surface area (Å²) in [5.74, 6) is 0. The number of nitrogens with zero attached hydrogens (tertiary/aromatic N) is 1. The van der Waals surface area contributed by atoms with E-state index in [1.807, 2.05) is 31.2 Å². The minimum absolute atomic E-state index is 0.359. The van der Waals surface area contributed by atoms with Crippen molar-refractivity contribution in [3.63, 3.8) is 0 Å². The molecule has 110 valence electrons. The van der Waals surface area contributed by atoms with Crippen LogP contribution in [-0.4, -0.2) is 19.0 Å². The molecule has 0 aliphatic carbocycles. The predicted octanol–water partition coefficient (Wildman–Crippen LogP) is 5.88. The average Bonchev–Trinajstić information content (AvgIpc) is 2.46. The standard InChI is InChI=1S/C19H24NP/c1-6-11-18(12-7-2)19(20-21(4)5)15-16(3)17-13-9-8-10-14-17/h6-15H,1H2,2-5H3/b12-7-,16-15+,18-11+,20-19-. The molecule has 2 heteroatoms. The molecule has 0 aliphatic heterocycles. The molecule has 1 nitrogen and oxygen atoms in total. The molecule has 0 aromatic heterocycles. The van der Waals surface area contributed by atoms with E-state index < -0.39 is 0 Å². The Balaban J connectivity index is 3.27. The maximum Gasteiger partial charge on any atom is 0.0693 e. The van der Waals surface area contributed by atoms with E-state index in [0.29, 0.717) is 0 Å². The van der Waals surface area contributed by atoms with E-state index in [1.165, 1.54) is 11.1 Å². The normalized spacial score (nSPS) is 14.0. The fourth-order valence-electron chi connectivity index (χ4n) is 1.91. The summed E-state index contributed by atoms with van der Waals surface area (Å²) in [6.45, 7) is 12.3. The van der Waals surface area contributed by atoms with Crippen molar-refractivity contribution in [2.75, 3.05) is 13.3 Å². The van der Waals surface area contributed by atoms with E-state index in [4.69, 9.17) is 4.76 Å². The van der Waals surface area contributed by atoms with Crippen LogP contribution < -0.4 is 0 Å². The van der Waals surface area contributed by atoms with Crippen LogP contribution in [0.4, 0.5) is 0 Å². The SMILES string of the molecule is C=C/C=C(\C=C/C)C(/C=C(\C)c1ccccc1)=N\P(C)C. The van der Waals surface area contributed by atoms with Gasteiger partial charge in [0.05, 0.1) is 5.71 Å². The summed E-state index contributed by atoms with van der Waals surface area (Å²) < 4.78 is 4.82. The highest BCUT2D eigenvalue weighted by molar-refractivity contribution is 7.54. The van der Waals surface area contributed by atoms with Gasteiger partial charge in [-0.25, -0.2) is 0 Å². The first-order valence-electron chi connectivity index (χ1n) is 7.04. The monoisotopic (exact) mass is 297 g/mol. The second-order valence-electron chi connectivity index (χ2n) is 4.88. The van der Waals surface area contributed by atoms with E-state index >= 15 is 0 Å². The zero-order valence-corrected chi connectivity index (χ0v) is 14.3. The third kappa shape index (κ3) is 6.06. The van der Waals surface area contributed by atoms with Crippen LogP contribution in [0.2, 0.25) is 0 Å². The highest BCUT2D eigenvalue weighted by Crippen LogP contribution is 2.29. The van der Waals surface area contributed by atoms with Gasteiger partial charge in [-0.3, -0.25) is 4.76 Å². The van der Waals surface area contributed by atoms with Gasteiger partial charge in [-0.2, -0.15) is 0 Å². The van der Waals surface area contributed by atoms with Crippen molar-refractivity contribution in [3.8, 4) is 0 Å². The van der Waals surface area contributed by atoms with Crippen molar-refractivity contribution in [3.05, 3.63) is 78.4 Å². The minimum atomic E-state index is -0.359. The number of benzene rings is 1. The van der Waals surface area contributed by atoms with Crippen molar-refractivity contribution in [1.82, 2.24) is 0 Å². The summed E-state index contributed by atoms with van der Waals surface area (Å²) in [6.07, 6.45) is 10.1. The Bertz CT molecular complexity index is 575. The quantitative estimate of drug-likeness (QED) is 0.353. The second kappa shape index (κ2) is 9.26. The lowest BCUT2D eigenvalue weighted by atomic mass is 10.0. The molecule has 0 N–H and O–H groups in total. The van der Waals surface area contributed by atoms with Crippen LogP contribution in [0.3, 0.4) is 0 Å². The molecule has 0 fully saturated rings. The van der Waals surface area contributed by atoms with Gasteiger partial charge in [0.2, 0.25) is 0 Å². The van der Waals surface area contributed by atoms with Gasteiger partial charge in [0.25, 0.3) is 0 Å². The summed E-state index contributed by atoms with van der Waals surface area (Å²) in [6, 6.07) is 10.4. The van der Waals surface area contributed by atoms with Crippen LogP contribution in [0.15, 0.2) is 77.6 Å². The molecule has 1 rings (SSSR count). The molecule has 0 saturated heterocycles. The predicted molar refractivity (Wildman–Crippen MR) is 99.4 cm³/mol. The zero-order chi connectivity index (χ0) is 15.7. The number of allylic oxidation sites excluding steroid dienone is 7. The first-order chi connectivity index (χ1) is 10.1. The third-order valence-corrected chi connectivity index (χ3v) is 3.44. The number of rotatable bonds is 6. The van der Waals surface area contributed by atoms with Crippen LogP contribution in [0, 0.1) is 0 Å². The highest BCUT2D eigenvalue weighted by atomic mass is 31.1. The second-order valence-corrected chi connectivity index (χ2v) is 6.78. The smallest absolute Gasteiger partial charge is 0.0693 e. The van der Waals surface area contributed by atoms with Gasteiger partial charge in [-0.1, -0.05) is 61.2 Å². The summed E-state index contributed by atoms with van der Waals surface area (Å²) in [7, 11) is -0.359. The van der Waals surface area contributed by atoms with E-state index in [0.717, 1.165) is 11.3 Å². The Morgan fingerprint density at radius 3 is 2.38 bits per heavy atom. The van der Waals surface area contributed by atoms with Gasteiger partial charge in [0.15, 0.2) is 0 Å². The molecule has 0 aliphatic rings. The summed E-state index contributed by atoms with van der Waals surface area (Å²) in [4.78, 5) is 0. The average molecular weight is 297 g/mol. The van der Waals surface area contributed by atoms with Crippen LogP contribution in [-0.2, 0) is 0 Å². The fraction of sp³-hybridized carbons (Fsp3) is 0.211. The molecule has 21 heavy (non-hydrogen) atoms. The molecule has 0 bridgehead atoms. The van der Waals surface area contributed by atoms with Crippen LogP contribution in [0.1, 0.15) is 19.4 Å². The fourth-order valence-corrected chi connectivity index (χ4v) is 2.51. The lowest BCUT2D eigenvalue weighted by molar-refractivity contribution is 1.56. The molecule has 0 amide bonds. The van der Waals surface area contributed by atoms with Crippen molar-refractivity contribution >= 4 is 19.4 Å². The molecule has 1 aromatic rings. The van der Waals surface area contributed by atoms with E-state index in [-0.39, 0.29) is 8.07 Å². The van der Waals surface area contributed by atoms with E-state index in [1.54, 1.807) is 0 Å². The summed E-state index contributed by atoms with van der Waals surface area (Å²) >= 11 is 0. The molecule has 0 radical (unpaired) electrons. The van der Waals surface area contributed by atoms with Crippen molar-refractivity contribution in [2.45, 2.75) is 13.8 Å². The summed E-state index contributed by atoms with van der Waals surface area (Å²) in [5.41, 5.74) is 4.55. The van der Waals surface area contributed by atoms with Gasteiger partial charge in [0.1, 0.15) is 0 Å². The number of hydrogen-bond acceptors (Lipinski definition) is 1. The van der Waals surface area contributed by atoms with E-state index in [9.17, 15) is 0 Å². The Kier molecular flexibility index (Phi) is 7.64. The molecule has 0 heterocycles. The van der Waals surface area contributed by atoms with Gasteiger partial charge < -0.3 is 0 Å². The molecule has 0 atom stereocenters. The maximum atomic E-state index is 4.82. The summed E-state index contributed by atoms with van der Waals surface area (Å²) in [5, 5.41) is 0.